The van der Waals surface area contributed by atoms with Crippen molar-refractivity contribution in [3.05, 3.63) is 12.7 Å². The molecule has 1 saturated heterocycles. The highest BCUT2D eigenvalue weighted by Crippen LogP contribution is 2.33. The van der Waals surface area contributed by atoms with Crippen molar-refractivity contribution < 1.29 is 19.7 Å². The van der Waals surface area contributed by atoms with Gasteiger partial charge >= 0.3 is 0 Å². The second kappa shape index (κ2) is 5.80. The minimum Gasteiger partial charge on any atom is -0.387 e. The van der Waals surface area contributed by atoms with E-state index in [9.17, 15) is 15.0 Å². The molecule has 0 spiro atoms. The lowest BCUT2D eigenvalue weighted by Gasteiger charge is -2.16. The Balaban J connectivity index is 1.87. The smallest absolute Gasteiger partial charge is 0.185 e. The van der Waals surface area contributed by atoms with Crippen LogP contribution in [0.5, 0.6) is 0 Å². The highest BCUT2D eigenvalue weighted by molar-refractivity contribution is 8.13. The Morgan fingerprint density at radius 3 is 2.91 bits per heavy atom. The summed E-state index contributed by atoms with van der Waals surface area (Å²) in [5.74, 6) is 0.480. The van der Waals surface area contributed by atoms with E-state index in [0.29, 0.717) is 11.2 Å². The quantitative estimate of drug-likeness (QED) is 0.669. The Kier molecular flexibility index (Phi) is 4.00. The first kappa shape index (κ1) is 15.2. The molecule has 10 heteroatoms. The number of nitrogens with two attached hydrogens (primary N) is 1. The van der Waals surface area contributed by atoms with Crippen LogP contribution in [0, 0.1) is 0 Å². The standard InChI is InChI=1S/C12H15N5O4S/c1-5(18)22-2-6-8(19)9(20)12(21-6)17-4-16-7-10(13)14-3-15-11(7)17/h3-4,6,8-9,12,19-20H,2H2,1H3,(H2,13,14,15)/t6-,8?,9?,12-/m1/s1. The van der Waals surface area contributed by atoms with E-state index in [1.807, 2.05) is 0 Å². The summed E-state index contributed by atoms with van der Waals surface area (Å²) >= 11 is 1.03. The van der Waals surface area contributed by atoms with Gasteiger partial charge in [0.2, 0.25) is 0 Å². The highest BCUT2D eigenvalue weighted by Gasteiger charge is 2.44. The SMILES string of the molecule is CC(=O)SC[C@H]1O[C@@H](n2cnc3c(N)ncnc32)C(O)C1O. The number of nitrogens with zero attached hydrogens (tertiary/aromatic N) is 4. The van der Waals surface area contributed by atoms with Crippen LogP contribution in [0.15, 0.2) is 12.7 Å². The average Bonchev–Trinajstić information content (AvgIpc) is 3.01. The van der Waals surface area contributed by atoms with Crippen LogP contribution >= 0.6 is 11.8 Å². The molecule has 118 valence electrons. The maximum atomic E-state index is 11.0. The number of aliphatic hydroxyl groups is 2. The summed E-state index contributed by atoms with van der Waals surface area (Å²) in [6.45, 7) is 1.43. The summed E-state index contributed by atoms with van der Waals surface area (Å²) in [6, 6.07) is 0. The van der Waals surface area contributed by atoms with Gasteiger partial charge in [0.05, 0.1) is 12.4 Å². The van der Waals surface area contributed by atoms with E-state index in [4.69, 9.17) is 10.5 Å². The van der Waals surface area contributed by atoms with Crippen molar-refractivity contribution in [1.29, 1.82) is 0 Å². The van der Waals surface area contributed by atoms with Crippen LogP contribution in [0.25, 0.3) is 11.2 Å². The van der Waals surface area contributed by atoms with Crippen LogP contribution in [-0.2, 0) is 9.53 Å². The molecule has 4 N–H and O–H groups in total. The zero-order chi connectivity index (χ0) is 15.9. The fourth-order valence-electron chi connectivity index (χ4n) is 2.35. The number of hydrogen-bond acceptors (Lipinski definition) is 9. The Labute approximate surface area is 129 Å². The average molecular weight is 325 g/mol. The number of carbonyl (C=O) groups is 1. The lowest BCUT2D eigenvalue weighted by molar-refractivity contribution is -0.109. The zero-order valence-corrected chi connectivity index (χ0v) is 12.5. The number of thioether (sulfide) groups is 1. The van der Waals surface area contributed by atoms with Crippen LogP contribution in [-0.4, -0.2) is 58.9 Å². The van der Waals surface area contributed by atoms with Crippen molar-refractivity contribution in [2.24, 2.45) is 0 Å². The molecule has 1 aliphatic heterocycles. The number of aliphatic hydroxyl groups excluding tert-OH is 2. The van der Waals surface area contributed by atoms with E-state index in [-0.39, 0.29) is 16.7 Å². The molecule has 2 aromatic heterocycles. The van der Waals surface area contributed by atoms with Gasteiger partial charge < -0.3 is 20.7 Å². The second-order valence-electron chi connectivity index (χ2n) is 4.93. The van der Waals surface area contributed by atoms with Gasteiger partial charge in [-0.15, -0.1) is 0 Å². The predicted octanol–water partition coefficient (Wildman–Crippen LogP) is -0.693. The van der Waals surface area contributed by atoms with Crippen molar-refractivity contribution in [3.8, 4) is 0 Å². The van der Waals surface area contributed by atoms with Crippen molar-refractivity contribution in [3.63, 3.8) is 0 Å². The Morgan fingerprint density at radius 1 is 1.41 bits per heavy atom. The van der Waals surface area contributed by atoms with Crippen LogP contribution in [0.2, 0.25) is 0 Å². The molecular formula is C12H15N5O4S. The molecule has 4 atom stereocenters. The molecule has 0 aliphatic carbocycles. The summed E-state index contributed by atoms with van der Waals surface area (Å²) in [5, 5.41) is 20.2. The van der Waals surface area contributed by atoms with Gasteiger partial charge in [-0.05, 0) is 0 Å². The second-order valence-corrected chi connectivity index (χ2v) is 6.13. The van der Waals surface area contributed by atoms with Crippen LogP contribution in [0.4, 0.5) is 5.82 Å². The van der Waals surface area contributed by atoms with Gasteiger partial charge in [-0.3, -0.25) is 9.36 Å². The molecule has 22 heavy (non-hydrogen) atoms. The number of rotatable bonds is 3. The predicted molar refractivity (Wildman–Crippen MR) is 78.8 cm³/mol. The summed E-state index contributed by atoms with van der Waals surface area (Å²) in [5.41, 5.74) is 6.52. The first-order valence-corrected chi connectivity index (χ1v) is 7.55. The molecule has 0 bridgehead atoms. The highest BCUT2D eigenvalue weighted by atomic mass is 32.2. The van der Waals surface area contributed by atoms with Gasteiger partial charge in [-0.2, -0.15) is 0 Å². The largest absolute Gasteiger partial charge is 0.387 e. The van der Waals surface area contributed by atoms with Gasteiger partial charge in [0.25, 0.3) is 0 Å². The van der Waals surface area contributed by atoms with E-state index >= 15 is 0 Å². The van der Waals surface area contributed by atoms with E-state index < -0.39 is 24.5 Å². The molecule has 1 fully saturated rings. The van der Waals surface area contributed by atoms with E-state index in [1.54, 1.807) is 0 Å². The zero-order valence-electron chi connectivity index (χ0n) is 11.7. The molecule has 2 aromatic rings. The van der Waals surface area contributed by atoms with E-state index in [2.05, 4.69) is 15.0 Å². The molecule has 0 saturated carbocycles. The van der Waals surface area contributed by atoms with Crippen LogP contribution in [0.3, 0.4) is 0 Å². The summed E-state index contributed by atoms with van der Waals surface area (Å²) in [4.78, 5) is 23.1. The van der Waals surface area contributed by atoms with Crippen LogP contribution in [0.1, 0.15) is 13.2 Å². The molecule has 0 radical (unpaired) electrons. The Morgan fingerprint density at radius 2 is 2.18 bits per heavy atom. The molecule has 2 unspecified atom stereocenters. The first-order valence-electron chi connectivity index (χ1n) is 6.57. The number of imidazole rings is 1. The third kappa shape index (κ3) is 2.54. The molecule has 0 aromatic carbocycles. The minimum absolute atomic E-state index is 0.0812. The van der Waals surface area contributed by atoms with E-state index in [1.165, 1.54) is 24.1 Å². The lowest BCUT2D eigenvalue weighted by Crippen LogP contribution is -2.32. The van der Waals surface area contributed by atoms with Crippen LogP contribution < -0.4 is 5.73 Å². The van der Waals surface area contributed by atoms with Gasteiger partial charge in [0, 0.05) is 12.7 Å². The first-order chi connectivity index (χ1) is 10.5. The molecule has 1 aliphatic rings. The number of aromatic nitrogens is 4. The number of nitrogen functional groups attached to an aromatic ring is 1. The normalized spacial score (nSPS) is 28.3. The van der Waals surface area contributed by atoms with Crippen molar-refractivity contribution in [2.75, 3.05) is 11.5 Å². The summed E-state index contributed by atoms with van der Waals surface area (Å²) in [7, 11) is 0. The lowest BCUT2D eigenvalue weighted by atomic mass is 10.1. The maximum absolute atomic E-state index is 11.0. The molecule has 0 amide bonds. The van der Waals surface area contributed by atoms with Crippen molar-refractivity contribution in [2.45, 2.75) is 31.5 Å². The number of fused-ring (bicyclic) bond motifs is 1. The Bertz CT molecular complexity index is 708. The topological polar surface area (TPSA) is 136 Å². The minimum atomic E-state index is -1.16. The van der Waals surface area contributed by atoms with Gasteiger partial charge in [0.15, 0.2) is 22.8 Å². The third-order valence-corrected chi connectivity index (χ3v) is 4.35. The summed E-state index contributed by atoms with van der Waals surface area (Å²) < 4.78 is 7.18. The maximum Gasteiger partial charge on any atom is 0.185 e. The fraction of sp³-hybridized carbons (Fsp3) is 0.500. The fourth-order valence-corrected chi connectivity index (χ4v) is 3.03. The number of ether oxygens (including phenoxy) is 1. The molecule has 3 rings (SSSR count). The number of anilines is 1. The van der Waals surface area contributed by atoms with Gasteiger partial charge in [-0.25, -0.2) is 15.0 Å². The number of hydrogen-bond donors (Lipinski definition) is 3. The molecule has 3 heterocycles. The van der Waals surface area contributed by atoms with Gasteiger partial charge in [0.1, 0.15) is 24.1 Å². The monoisotopic (exact) mass is 325 g/mol. The van der Waals surface area contributed by atoms with Gasteiger partial charge in [-0.1, -0.05) is 11.8 Å². The third-order valence-electron chi connectivity index (χ3n) is 3.45. The van der Waals surface area contributed by atoms with E-state index in [0.717, 1.165) is 11.8 Å². The number of carbonyl (C=O) groups excluding carboxylic acids is 1. The Hall–Kier alpha value is -1.75. The summed E-state index contributed by atoms with van der Waals surface area (Å²) in [6.07, 6.45) is -1.06. The van der Waals surface area contributed by atoms with Crippen molar-refractivity contribution in [1.82, 2.24) is 19.5 Å². The molecule has 9 nitrogen and oxygen atoms in total. The molecular weight excluding hydrogens is 310 g/mol. The van der Waals surface area contributed by atoms with Crippen molar-refractivity contribution >= 4 is 33.9 Å².